The number of hydrogen-bond donors (Lipinski definition) is 2. The van der Waals surface area contributed by atoms with E-state index in [9.17, 15) is 0 Å². The van der Waals surface area contributed by atoms with Crippen molar-refractivity contribution in [3.05, 3.63) is 64.9 Å². The van der Waals surface area contributed by atoms with Crippen molar-refractivity contribution in [3.63, 3.8) is 0 Å². The molecule has 0 atom stereocenters. The summed E-state index contributed by atoms with van der Waals surface area (Å²) in [6, 6.07) is 16.6. The monoisotopic (exact) mass is 362 g/mol. The van der Waals surface area contributed by atoms with Crippen LogP contribution in [0.25, 0.3) is 22.4 Å². The van der Waals surface area contributed by atoms with Gasteiger partial charge in [-0.05, 0) is 42.3 Å². The normalized spacial score (nSPS) is 11.4. The molecule has 6 nitrogen and oxygen atoms in total. The van der Waals surface area contributed by atoms with Crippen molar-refractivity contribution < 1.29 is 0 Å². The van der Waals surface area contributed by atoms with Crippen LogP contribution in [0.3, 0.4) is 0 Å². The van der Waals surface area contributed by atoms with E-state index in [0.717, 1.165) is 47.0 Å². The standard InChI is InChI=1S/C19H18N6S/c1-2-8-17-16(7-1)21-19(26-17)11-10-14-5-3-6-15(13-14)20-12-4-9-18-22-24-25-23-18/h1-3,5-8,10-11,13,20H,4,9,12H2,(H,22,23,24,25)/b11-10+. The lowest BCUT2D eigenvalue weighted by molar-refractivity contribution is 0.804. The smallest absolute Gasteiger partial charge is 0.174 e. The van der Waals surface area contributed by atoms with Gasteiger partial charge in [-0.3, -0.25) is 0 Å². The Morgan fingerprint density at radius 3 is 2.92 bits per heavy atom. The number of anilines is 1. The number of thiazole rings is 1. The van der Waals surface area contributed by atoms with Crippen LogP contribution in [0.5, 0.6) is 0 Å². The van der Waals surface area contributed by atoms with E-state index >= 15 is 0 Å². The van der Waals surface area contributed by atoms with E-state index in [1.165, 1.54) is 4.70 Å². The number of para-hydroxylation sites is 1. The average Bonchev–Trinajstić information content (AvgIpc) is 3.33. The molecule has 0 amide bonds. The molecule has 2 heterocycles. The second-order valence-electron chi connectivity index (χ2n) is 5.84. The Morgan fingerprint density at radius 2 is 2.04 bits per heavy atom. The van der Waals surface area contributed by atoms with Gasteiger partial charge < -0.3 is 5.32 Å². The Kier molecular flexibility index (Phi) is 4.97. The van der Waals surface area contributed by atoms with Gasteiger partial charge in [-0.2, -0.15) is 5.21 Å². The van der Waals surface area contributed by atoms with Crippen LogP contribution in [0.2, 0.25) is 0 Å². The number of nitrogens with zero attached hydrogens (tertiary/aromatic N) is 4. The molecule has 0 saturated carbocycles. The number of aryl methyl sites for hydroxylation is 1. The molecule has 0 fully saturated rings. The van der Waals surface area contributed by atoms with E-state index in [0.29, 0.717) is 0 Å². The molecule has 0 saturated heterocycles. The first-order chi connectivity index (χ1) is 12.9. The van der Waals surface area contributed by atoms with Crippen molar-refractivity contribution >= 4 is 39.4 Å². The molecule has 0 aliphatic rings. The van der Waals surface area contributed by atoms with Gasteiger partial charge in [-0.25, -0.2) is 4.98 Å². The van der Waals surface area contributed by atoms with Crippen molar-refractivity contribution in [2.75, 3.05) is 11.9 Å². The van der Waals surface area contributed by atoms with Gasteiger partial charge in [-0.1, -0.05) is 35.6 Å². The number of aromatic amines is 1. The molecule has 0 radical (unpaired) electrons. The summed E-state index contributed by atoms with van der Waals surface area (Å²) in [5.41, 5.74) is 3.30. The van der Waals surface area contributed by atoms with Crippen molar-refractivity contribution in [1.29, 1.82) is 0 Å². The Morgan fingerprint density at radius 1 is 1.08 bits per heavy atom. The van der Waals surface area contributed by atoms with E-state index in [-0.39, 0.29) is 0 Å². The predicted molar refractivity (Wildman–Crippen MR) is 106 cm³/mol. The molecule has 0 unspecified atom stereocenters. The summed E-state index contributed by atoms with van der Waals surface area (Å²) in [7, 11) is 0. The summed E-state index contributed by atoms with van der Waals surface area (Å²) < 4.78 is 1.21. The van der Waals surface area contributed by atoms with Crippen LogP contribution in [0, 0.1) is 0 Å². The number of H-pyrrole nitrogens is 1. The Labute approximate surface area is 155 Å². The highest BCUT2D eigenvalue weighted by molar-refractivity contribution is 7.19. The molecular weight excluding hydrogens is 344 g/mol. The van der Waals surface area contributed by atoms with Gasteiger partial charge in [0.25, 0.3) is 0 Å². The minimum atomic E-state index is 0.749. The zero-order valence-corrected chi connectivity index (χ0v) is 14.9. The third-order valence-corrected chi connectivity index (χ3v) is 4.91. The minimum absolute atomic E-state index is 0.749. The number of tetrazole rings is 1. The van der Waals surface area contributed by atoms with Crippen LogP contribution >= 0.6 is 11.3 Å². The second-order valence-corrected chi connectivity index (χ2v) is 6.90. The van der Waals surface area contributed by atoms with Crippen molar-refractivity contribution in [3.8, 4) is 0 Å². The molecule has 2 N–H and O–H groups in total. The fourth-order valence-electron chi connectivity index (χ4n) is 2.65. The second kappa shape index (κ2) is 7.88. The fourth-order valence-corrected chi connectivity index (χ4v) is 3.52. The maximum Gasteiger partial charge on any atom is 0.174 e. The van der Waals surface area contributed by atoms with Crippen LogP contribution in [0.15, 0.2) is 48.5 Å². The fraction of sp³-hybridized carbons (Fsp3) is 0.158. The van der Waals surface area contributed by atoms with E-state index in [1.54, 1.807) is 11.3 Å². The van der Waals surface area contributed by atoms with Crippen LogP contribution in [-0.2, 0) is 6.42 Å². The lowest BCUT2D eigenvalue weighted by Crippen LogP contribution is -2.03. The quantitative estimate of drug-likeness (QED) is 0.485. The molecule has 7 heteroatoms. The van der Waals surface area contributed by atoms with Gasteiger partial charge >= 0.3 is 0 Å². The van der Waals surface area contributed by atoms with E-state index in [4.69, 9.17) is 0 Å². The maximum absolute atomic E-state index is 4.63. The molecule has 2 aromatic heterocycles. The number of rotatable bonds is 7. The minimum Gasteiger partial charge on any atom is -0.385 e. The third kappa shape index (κ3) is 4.12. The molecule has 0 bridgehead atoms. The van der Waals surface area contributed by atoms with Crippen LogP contribution in [0.1, 0.15) is 22.8 Å². The summed E-state index contributed by atoms with van der Waals surface area (Å²) >= 11 is 1.70. The van der Waals surface area contributed by atoms with Gasteiger partial charge in [0.15, 0.2) is 5.82 Å². The summed E-state index contributed by atoms with van der Waals surface area (Å²) in [6.45, 7) is 0.861. The number of aromatic nitrogens is 5. The lowest BCUT2D eigenvalue weighted by Gasteiger charge is -2.06. The van der Waals surface area contributed by atoms with Crippen molar-refractivity contribution in [2.45, 2.75) is 12.8 Å². The summed E-state index contributed by atoms with van der Waals surface area (Å²) in [5.74, 6) is 0.749. The molecule has 26 heavy (non-hydrogen) atoms. The highest BCUT2D eigenvalue weighted by atomic mass is 32.1. The van der Waals surface area contributed by atoms with E-state index in [2.05, 4.69) is 73.4 Å². The number of hydrogen-bond acceptors (Lipinski definition) is 6. The summed E-state index contributed by atoms with van der Waals surface area (Å²) in [4.78, 5) is 4.63. The average molecular weight is 362 g/mol. The molecule has 0 spiro atoms. The SMILES string of the molecule is C(=C\c1nc2ccccc2s1)/c1cccc(NCCCc2nn[nH]n2)c1. The van der Waals surface area contributed by atoms with Crippen molar-refractivity contribution in [2.24, 2.45) is 0 Å². The van der Waals surface area contributed by atoms with Crippen LogP contribution in [-0.4, -0.2) is 32.2 Å². The third-order valence-electron chi connectivity index (χ3n) is 3.91. The molecule has 0 aliphatic carbocycles. The molecular formula is C19H18N6S. The molecule has 2 aromatic carbocycles. The zero-order valence-electron chi connectivity index (χ0n) is 14.1. The molecule has 4 aromatic rings. The number of benzene rings is 2. The highest BCUT2D eigenvalue weighted by Crippen LogP contribution is 2.23. The first kappa shape index (κ1) is 16.4. The van der Waals surface area contributed by atoms with Crippen molar-refractivity contribution in [1.82, 2.24) is 25.6 Å². The van der Waals surface area contributed by atoms with Crippen LogP contribution in [0.4, 0.5) is 5.69 Å². The number of fused-ring (bicyclic) bond motifs is 1. The Bertz CT molecular complexity index is 973. The van der Waals surface area contributed by atoms with E-state index in [1.807, 2.05) is 18.2 Å². The number of nitrogens with one attached hydrogen (secondary N) is 2. The van der Waals surface area contributed by atoms with Gasteiger partial charge in [0, 0.05) is 18.7 Å². The molecule has 0 aliphatic heterocycles. The largest absolute Gasteiger partial charge is 0.385 e. The molecule has 130 valence electrons. The van der Waals surface area contributed by atoms with Gasteiger partial charge in [-0.15, -0.1) is 21.5 Å². The van der Waals surface area contributed by atoms with Crippen LogP contribution < -0.4 is 5.32 Å². The zero-order chi connectivity index (χ0) is 17.6. The van der Waals surface area contributed by atoms with Gasteiger partial charge in [0.1, 0.15) is 5.01 Å². The Balaban J connectivity index is 1.35. The topological polar surface area (TPSA) is 79.4 Å². The van der Waals surface area contributed by atoms with E-state index < -0.39 is 0 Å². The summed E-state index contributed by atoms with van der Waals surface area (Å²) in [6.07, 6.45) is 5.92. The van der Waals surface area contributed by atoms with Gasteiger partial charge in [0.2, 0.25) is 0 Å². The highest BCUT2D eigenvalue weighted by Gasteiger charge is 2.00. The Hall–Kier alpha value is -3.06. The van der Waals surface area contributed by atoms with Gasteiger partial charge in [0.05, 0.1) is 10.2 Å². The predicted octanol–water partition coefficient (Wildman–Crippen LogP) is 4.02. The lowest BCUT2D eigenvalue weighted by atomic mass is 10.2. The first-order valence-electron chi connectivity index (χ1n) is 8.47. The maximum atomic E-state index is 4.63. The molecule has 4 rings (SSSR count). The summed E-state index contributed by atoms with van der Waals surface area (Å²) in [5, 5.41) is 18.4. The first-order valence-corrected chi connectivity index (χ1v) is 9.28.